The van der Waals surface area contributed by atoms with E-state index in [4.69, 9.17) is 5.73 Å². The number of nitrogen functional groups attached to an aromatic ring is 1. The van der Waals surface area contributed by atoms with E-state index in [1.807, 2.05) is 11.9 Å². The summed E-state index contributed by atoms with van der Waals surface area (Å²) >= 11 is 0. The molecule has 5 heteroatoms. The van der Waals surface area contributed by atoms with E-state index in [2.05, 4.69) is 9.97 Å². The zero-order valence-corrected chi connectivity index (χ0v) is 9.56. The van der Waals surface area contributed by atoms with Crippen molar-refractivity contribution < 1.29 is 5.11 Å². The standard InChI is InChI=1S/C11H18N4O/c1-15(8-11(16)4-2-3-5-11)10-13-6-9(12)7-14-10/h6-7,16H,2-5,8,12H2,1H3. The number of nitrogens with zero attached hydrogens (tertiary/aromatic N) is 3. The molecule has 2 rings (SSSR count). The van der Waals surface area contributed by atoms with Crippen LogP contribution in [0.2, 0.25) is 0 Å². The molecular formula is C11H18N4O. The molecule has 1 aliphatic carbocycles. The maximum atomic E-state index is 10.3. The molecular weight excluding hydrogens is 204 g/mol. The van der Waals surface area contributed by atoms with Crippen molar-refractivity contribution in [1.82, 2.24) is 9.97 Å². The average Bonchev–Trinajstić information content (AvgIpc) is 2.65. The maximum absolute atomic E-state index is 10.3. The third-order valence-corrected chi connectivity index (χ3v) is 3.07. The second-order valence-electron chi connectivity index (χ2n) is 4.60. The van der Waals surface area contributed by atoms with E-state index in [9.17, 15) is 5.11 Å². The second-order valence-corrected chi connectivity index (χ2v) is 4.60. The fraction of sp³-hybridized carbons (Fsp3) is 0.636. The number of rotatable bonds is 3. The molecule has 1 aromatic heterocycles. The second kappa shape index (κ2) is 4.25. The van der Waals surface area contributed by atoms with E-state index < -0.39 is 5.60 Å². The first-order valence-electron chi connectivity index (χ1n) is 5.60. The molecule has 0 saturated heterocycles. The topological polar surface area (TPSA) is 75.3 Å². The molecule has 0 aliphatic heterocycles. The van der Waals surface area contributed by atoms with Crippen molar-refractivity contribution in [1.29, 1.82) is 0 Å². The average molecular weight is 222 g/mol. The van der Waals surface area contributed by atoms with Gasteiger partial charge in [-0.2, -0.15) is 0 Å². The third-order valence-electron chi connectivity index (χ3n) is 3.07. The van der Waals surface area contributed by atoms with Crippen LogP contribution in [0.1, 0.15) is 25.7 Å². The Hall–Kier alpha value is -1.36. The molecule has 5 nitrogen and oxygen atoms in total. The summed E-state index contributed by atoms with van der Waals surface area (Å²) in [6.07, 6.45) is 7.10. The minimum atomic E-state index is -0.570. The largest absolute Gasteiger partial charge is 0.396 e. The zero-order chi connectivity index (χ0) is 11.6. The van der Waals surface area contributed by atoms with Crippen LogP contribution < -0.4 is 10.6 Å². The SMILES string of the molecule is CN(CC1(O)CCCC1)c1ncc(N)cn1. The van der Waals surface area contributed by atoms with Crippen molar-refractivity contribution in [2.24, 2.45) is 0 Å². The Morgan fingerprint density at radius 2 is 1.94 bits per heavy atom. The number of likely N-dealkylation sites (N-methyl/N-ethyl adjacent to an activating group) is 1. The number of aliphatic hydroxyl groups is 1. The van der Waals surface area contributed by atoms with Crippen LogP contribution in [0.4, 0.5) is 11.6 Å². The molecule has 0 atom stereocenters. The quantitative estimate of drug-likeness (QED) is 0.791. The normalized spacial score (nSPS) is 18.6. The van der Waals surface area contributed by atoms with Gasteiger partial charge in [-0.05, 0) is 12.8 Å². The fourth-order valence-electron chi connectivity index (χ4n) is 2.23. The molecule has 1 aliphatic rings. The summed E-state index contributed by atoms with van der Waals surface area (Å²) in [4.78, 5) is 10.1. The molecule has 3 N–H and O–H groups in total. The van der Waals surface area contributed by atoms with Crippen molar-refractivity contribution in [3.63, 3.8) is 0 Å². The number of hydrogen-bond donors (Lipinski definition) is 2. The summed E-state index contributed by atoms with van der Waals surface area (Å²) in [6.45, 7) is 0.580. The molecule has 1 aromatic rings. The molecule has 1 heterocycles. The highest BCUT2D eigenvalue weighted by Crippen LogP contribution is 2.30. The Morgan fingerprint density at radius 1 is 1.38 bits per heavy atom. The van der Waals surface area contributed by atoms with E-state index in [-0.39, 0.29) is 0 Å². The first kappa shape index (κ1) is 11.1. The predicted molar refractivity (Wildman–Crippen MR) is 63.1 cm³/mol. The minimum Gasteiger partial charge on any atom is -0.396 e. The van der Waals surface area contributed by atoms with Crippen LogP contribution in [-0.4, -0.2) is 34.3 Å². The van der Waals surface area contributed by atoms with Gasteiger partial charge >= 0.3 is 0 Å². The number of hydrogen-bond acceptors (Lipinski definition) is 5. The van der Waals surface area contributed by atoms with E-state index in [1.54, 1.807) is 12.4 Å². The van der Waals surface area contributed by atoms with Gasteiger partial charge in [-0.15, -0.1) is 0 Å². The Kier molecular flexibility index (Phi) is 2.96. The maximum Gasteiger partial charge on any atom is 0.225 e. The van der Waals surface area contributed by atoms with Crippen LogP contribution in [0, 0.1) is 0 Å². The van der Waals surface area contributed by atoms with Gasteiger partial charge in [0.25, 0.3) is 0 Å². The number of anilines is 2. The Morgan fingerprint density at radius 3 is 2.50 bits per heavy atom. The Bertz CT molecular complexity index is 346. The van der Waals surface area contributed by atoms with Crippen molar-refractivity contribution in [3.05, 3.63) is 12.4 Å². The zero-order valence-electron chi connectivity index (χ0n) is 9.56. The van der Waals surface area contributed by atoms with Gasteiger partial charge in [-0.1, -0.05) is 12.8 Å². The van der Waals surface area contributed by atoms with Gasteiger partial charge in [-0.3, -0.25) is 0 Å². The van der Waals surface area contributed by atoms with Gasteiger partial charge < -0.3 is 15.7 Å². The lowest BCUT2D eigenvalue weighted by molar-refractivity contribution is 0.0556. The minimum absolute atomic E-state index is 0.553. The summed E-state index contributed by atoms with van der Waals surface area (Å²) in [5, 5.41) is 10.3. The van der Waals surface area contributed by atoms with Crippen molar-refractivity contribution in [2.45, 2.75) is 31.3 Å². The van der Waals surface area contributed by atoms with Crippen molar-refractivity contribution in [3.8, 4) is 0 Å². The van der Waals surface area contributed by atoms with E-state index in [1.165, 1.54) is 0 Å². The fourth-order valence-corrected chi connectivity index (χ4v) is 2.23. The van der Waals surface area contributed by atoms with E-state index in [0.717, 1.165) is 25.7 Å². The summed E-state index contributed by atoms with van der Waals surface area (Å²) < 4.78 is 0. The molecule has 0 amide bonds. The van der Waals surface area contributed by atoms with Gasteiger partial charge in [-0.25, -0.2) is 9.97 Å². The molecule has 88 valence electrons. The van der Waals surface area contributed by atoms with Gasteiger partial charge in [0.05, 0.1) is 23.7 Å². The lowest BCUT2D eigenvalue weighted by atomic mass is 10.0. The first-order chi connectivity index (χ1) is 7.59. The lowest BCUT2D eigenvalue weighted by Gasteiger charge is -2.28. The van der Waals surface area contributed by atoms with Crippen LogP contribution in [0.25, 0.3) is 0 Å². The van der Waals surface area contributed by atoms with Crippen LogP contribution >= 0.6 is 0 Å². The molecule has 0 aromatic carbocycles. The monoisotopic (exact) mass is 222 g/mol. The van der Waals surface area contributed by atoms with E-state index >= 15 is 0 Å². The Balaban J connectivity index is 2.02. The summed E-state index contributed by atoms with van der Waals surface area (Å²) in [5.74, 6) is 0.606. The molecule has 0 bridgehead atoms. The lowest BCUT2D eigenvalue weighted by Crippen LogP contribution is -2.39. The van der Waals surface area contributed by atoms with E-state index in [0.29, 0.717) is 18.2 Å². The molecule has 0 spiro atoms. The van der Waals surface area contributed by atoms with Crippen LogP contribution in [-0.2, 0) is 0 Å². The first-order valence-corrected chi connectivity index (χ1v) is 5.60. The van der Waals surface area contributed by atoms with Crippen LogP contribution in [0.5, 0.6) is 0 Å². The number of aromatic nitrogens is 2. The predicted octanol–water partition coefficient (Wildman–Crippen LogP) is 0.800. The highest BCUT2D eigenvalue weighted by atomic mass is 16.3. The summed E-state index contributed by atoms with van der Waals surface area (Å²) in [5.41, 5.74) is 5.51. The van der Waals surface area contributed by atoms with Crippen LogP contribution in [0.15, 0.2) is 12.4 Å². The van der Waals surface area contributed by atoms with Gasteiger partial charge in [0.1, 0.15) is 0 Å². The smallest absolute Gasteiger partial charge is 0.225 e. The summed E-state index contributed by atoms with van der Waals surface area (Å²) in [6, 6.07) is 0. The number of nitrogens with two attached hydrogens (primary N) is 1. The highest BCUT2D eigenvalue weighted by Gasteiger charge is 2.32. The molecule has 1 fully saturated rings. The third kappa shape index (κ3) is 2.41. The highest BCUT2D eigenvalue weighted by molar-refractivity contribution is 5.37. The Labute approximate surface area is 95.3 Å². The van der Waals surface area contributed by atoms with Crippen LogP contribution in [0.3, 0.4) is 0 Å². The summed E-state index contributed by atoms with van der Waals surface area (Å²) in [7, 11) is 1.89. The van der Waals surface area contributed by atoms with Gasteiger partial charge in [0.15, 0.2) is 0 Å². The molecule has 16 heavy (non-hydrogen) atoms. The van der Waals surface area contributed by atoms with Gasteiger partial charge in [0, 0.05) is 13.6 Å². The molecule has 0 unspecified atom stereocenters. The molecule has 0 radical (unpaired) electrons. The molecule has 1 saturated carbocycles. The van der Waals surface area contributed by atoms with Gasteiger partial charge in [0.2, 0.25) is 5.95 Å². The van der Waals surface area contributed by atoms with Crippen molar-refractivity contribution >= 4 is 11.6 Å². The van der Waals surface area contributed by atoms with Crippen molar-refractivity contribution in [2.75, 3.05) is 24.2 Å².